The minimum Gasteiger partial charge on any atom is -0.389 e. The quantitative estimate of drug-likeness (QED) is 0.904. The summed E-state index contributed by atoms with van der Waals surface area (Å²) < 4.78 is 1.06. The average molecular weight is 327 g/mol. The molecule has 1 heterocycles. The standard InChI is InChI=1S/C15H23BrN2O/c1-10-8-18(9-11(2)17(10)4)15-6-5-13(12(3)19)7-14(15)16/h5-7,10-12,19H,8-9H2,1-4H3/t10?,11?,12-/m0/s1. The SMILES string of the molecule is CC1CN(c2ccc([C@H](C)O)cc2Br)CC(C)N1C. The summed E-state index contributed by atoms with van der Waals surface area (Å²) in [6, 6.07) is 7.24. The van der Waals surface area contributed by atoms with Crippen molar-refractivity contribution in [2.24, 2.45) is 0 Å². The molecule has 0 amide bonds. The molecule has 0 aromatic heterocycles. The Morgan fingerprint density at radius 3 is 2.32 bits per heavy atom. The van der Waals surface area contributed by atoms with Crippen LogP contribution in [-0.4, -0.2) is 42.2 Å². The number of hydrogen-bond acceptors (Lipinski definition) is 3. The van der Waals surface area contributed by atoms with Crippen molar-refractivity contribution in [1.29, 1.82) is 0 Å². The maximum atomic E-state index is 9.63. The van der Waals surface area contributed by atoms with E-state index in [1.165, 1.54) is 5.69 Å². The molecule has 2 unspecified atom stereocenters. The first kappa shape index (κ1) is 14.8. The van der Waals surface area contributed by atoms with Gasteiger partial charge in [-0.25, -0.2) is 0 Å². The van der Waals surface area contributed by atoms with Crippen molar-refractivity contribution in [3.05, 3.63) is 28.2 Å². The molecular weight excluding hydrogens is 304 g/mol. The van der Waals surface area contributed by atoms with Gasteiger partial charge in [-0.1, -0.05) is 6.07 Å². The first-order valence-corrected chi connectivity index (χ1v) is 7.64. The Hall–Kier alpha value is -0.580. The highest BCUT2D eigenvalue weighted by molar-refractivity contribution is 9.10. The van der Waals surface area contributed by atoms with E-state index in [2.05, 4.69) is 52.7 Å². The topological polar surface area (TPSA) is 26.7 Å². The lowest BCUT2D eigenvalue weighted by Gasteiger charge is -2.43. The van der Waals surface area contributed by atoms with Gasteiger partial charge in [0.2, 0.25) is 0 Å². The minimum atomic E-state index is -0.421. The number of aliphatic hydroxyl groups excluding tert-OH is 1. The number of benzene rings is 1. The van der Waals surface area contributed by atoms with Gasteiger partial charge in [0.1, 0.15) is 0 Å². The van der Waals surface area contributed by atoms with Gasteiger partial charge in [-0.2, -0.15) is 0 Å². The van der Waals surface area contributed by atoms with Crippen molar-refractivity contribution in [1.82, 2.24) is 4.90 Å². The lowest BCUT2D eigenvalue weighted by molar-refractivity contribution is 0.170. The highest BCUT2D eigenvalue weighted by Gasteiger charge is 2.27. The maximum Gasteiger partial charge on any atom is 0.0762 e. The molecule has 3 nitrogen and oxygen atoms in total. The number of nitrogens with zero attached hydrogens (tertiary/aromatic N) is 2. The van der Waals surface area contributed by atoms with E-state index in [1.54, 1.807) is 6.92 Å². The van der Waals surface area contributed by atoms with Crippen LogP contribution < -0.4 is 4.90 Å². The zero-order valence-corrected chi connectivity index (χ0v) is 13.7. The third-order valence-corrected chi connectivity index (χ3v) is 4.79. The predicted molar refractivity (Wildman–Crippen MR) is 83.7 cm³/mol. The summed E-state index contributed by atoms with van der Waals surface area (Å²) >= 11 is 3.64. The predicted octanol–water partition coefficient (Wildman–Crippen LogP) is 3.03. The maximum absolute atomic E-state index is 9.63. The fraction of sp³-hybridized carbons (Fsp3) is 0.600. The van der Waals surface area contributed by atoms with Gasteiger partial charge in [0.25, 0.3) is 0 Å². The first-order valence-electron chi connectivity index (χ1n) is 6.84. The van der Waals surface area contributed by atoms with E-state index in [9.17, 15) is 5.11 Å². The zero-order chi connectivity index (χ0) is 14.2. The van der Waals surface area contributed by atoms with Crippen molar-refractivity contribution in [2.75, 3.05) is 25.0 Å². The molecule has 1 fully saturated rings. The monoisotopic (exact) mass is 326 g/mol. The van der Waals surface area contributed by atoms with Gasteiger partial charge in [-0.3, -0.25) is 4.90 Å². The van der Waals surface area contributed by atoms with Crippen LogP contribution in [0.3, 0.4) is 0 Å². The number of aliphatic hydroxyl groups is 1. The summed E-state index contributed by atoms with van der Waals surface area (Å²) in [7, 11) is 2.19. The Morgan fingerprint density at radius 1 is 1.26 bits per heavy atom. The second-order valence-electron chi connectivity index (χ2n) is 5.66. The van der Waals surface area contributed by atoms with Crippen molar-refractivity contribution in [3.8, 4) is 0 Å². The van der Waals surface area contributed by atoms with E-state index in [4.69, 9.17) is 0 Å². The molecule has 0 aliphatic carbocycles. The van der Waals surface area contributed by atoms with Crippen molar-refractivity contribution < 1.29 is 5.11 Å². The van der Waals surface area contributed by atoms with Crippen LogP contribution in [0.15, 0.2) is 22.7 Å². The number of anilines is 1. The molecule has 2 rings (SSSR count). The molecule has 1 aliphatic rings. The number of rotatable bonds is 2. The van der Waals surface area contributed by atoms with Crippen LogP contribution in [0.2, 0.25) is 0 Å². The van der Waals surface area contributed by atoms with E-state index < -0.39 is 6.10 Å². The molecule has 1 aromatic rings. The Balaban J connectivity index is 2.23. The van der Waals surface area contributed by atoms with Crippen LogP contribution >= 0.6 is 15.9 Å². The molecule has 3 atom stereocenters. The molecule has 19 heavy (non-hydrogen) atoms. The fourth-order valence-corrected chi connectivity index (χ4v) is 3.29. The molecule has 1 aliphatic heterocycles. The number of likely N-dealkylation sites (N-methyl/N-ethyl adjacent to an activating group) is 1. The Labute approximate surface area is 124 Å². The number of halogens is 1. The van der Waals surface area contributed by atoms with E-state index in [-0.39, 0.29) is 0 Å². The molecule has 0 bridgehead atoms. The van der Waals surface area contributed by atoms with Crippen molar-refractivity contribution >= 4 is 21.6 Å². The van der Waals surface area contributed by atoms with Gasteiger partial charge in [0, 0.05) is 29.6 Å². The van der Waals surface area contributed by atoms with Crippen molar-refractivity contribution in [3.63, 3.8) is 0 Å². The number of hydrogen-bond donors (Lipinski definition) is 1. The molecule has 0 spiro atoms. The molecular formula is C15H23BrN2O. The Morgan fingerprint density at radius 2 is 1.84 bits per heavy atom. The third kappa shape index (κ3) is 3.12. The van der Waals surface area contributed by atoms with Crippen LogP contribution in [0.25, 0.3) is 0 Å². The summed E-state index contributed by atoms with van der Waals surface area (Å²) in [6.07, 6.45) is -0.421. The molecule has 0 saturated carbocycles. The molecule has 1 N–H and O–H groups in total. The van der Waals surface area contributed by atoms with Gasteiger partial charge in [-0.05, 0) is 61.4 Å². The van der Waals surface area contributed by atoms with Crippen LogP contribution in [-0.2, 0) is 0 Å². The van der Waals surface area contributed by atoms with Crippen LogP contribution in [0.5, 0.6) is 0 Å². The minimum absolute atomic E-state index is 0.421. The summed E-state index contributed by atoms with van der Waals surface area (Å²) in [5.74, 6) is 0. The smallest absolute Gasteiger partial charge is 0.0762 e. The molecule has 106 valence electrons. The lowest BCUT2D eigenvalue weighted by atomic mass is 10.1. The Bertz CT molecular complexity index is 438. The van der Waals surface area contributed by atoms with E-state index in [1.807, 2.05) is 12.1 Å². The van der Waals surface area contributed by atoms with Gasteiger partial charge in [-0.15, -0.1) is 0 Å². The van der Waals surface area contributed by atoms with E-state index in [0.717, 1.165) is 23.1 Å². The van der Waals surface area contributed by atoms with Crippen LogP contribution in [0, 0.1) is 0 Å². The van der Waals surface area contributed by atoms with Gasteiger partial charge in [0.05, 0.1) is 11.8 Å². The highest BCUT2D eigenvalue weighted by Crippen LogP contribution is 2.31. The zero-order valence-electron chi connectivity index (χ0n) is 12.1. The normalized spacial score (nSPS) is 26.5. The third-order valence-electron chi connectivity index (χ3n) is 4.15. The van der Waals surface area contributed by atoms with Gasteiger partial charge < -0.3 is 10.0 Å². The lowest BCUT2D eigenvalue weighted by Crippen LogP contribution is -2.55. The molecule has 1 saturated heterocycles. The van der Waals surface area contributed by atoms with Gasteiger partial charge in [0.15, 0.2) is 0 Å². The van der Waals surface area contributed by atoms with Gasteiger partial charge >= 0.3 is 0 Å². The van der Waals surface area contributed by atoms with Crippen LogP contribution in [0.4, 0.5) is 5.69 Å². The summed E-state index contributed by atoms with van der Waals surface area (Å²) in [4.78, 5) is 4.85. The van der Waals surface area contributed by atoms with Crippen molar-refractivity contribution in [2.45, 2.75) is 39.0 Å². The summed E-state index contributed by atoms with van der Waals surface area (Å²) in [5, 5.41) is 9.63. The highest BCUT2D eigenvalue weighted by atomic mass is 79.9. The summed E-state index contributed by atoms with van der Waals surface area (Å²) in [5.41, 5.74) is 2.17. The van der Waals surface area contributed by atoms with Crippen LogP contribution in [0.1, 0.15) is 32.4 Å². The molecule has 0 radical (unpaired) electrons. The van der Waals surface area contributed by atoms with E-state index >= 15 is 0 Å². The molecule has 4 heteroatoms. The second-order valence-corrected chi connectivity index (χ2v) is 6.51. The second kappa shape index (κ2) is 5.81. The fourth-order valence-electron chi connectivity index (χ4n) is 2.64. The number of piperazine rings is 1. The van der Waals surface area contributed by atoms with E-state index in [0.29, 0.717) is 12.1 Å². The first-order chi connectivity index (χ1) is 8.90. The Kier molecular flexibility index (Phi) is 4.54. The average Bonchev–Trinajstić information content (AvgIpc) is 2.35. The summed E-state index contributed by atoms with van der Waals surface area (Å²) in [6.45, 7) is 8.39. The molecule has 1 aromatic carbocycles. The largest absolute Gasteiger partial charge is 0.389 e.